The third-order valence-corrected chi connectivity index (χ3v) is 9.27. The molecule has 5 aromatic rings. The van der Waals surface area contributed by atoms with Crippen LogP contribution in [0, 0.1) is 5.92 Å². The number of hydrogen-bond donors (Lipinski definition) is 2. The summed E-state index contributed by atoms with van der Waals surface area (Å²) >= 11 is 7.83. The van der Waals surface area contributed by atoms with E-state index in [2.05, 4.69) is 6.08 Å². The first-order valence-electron chi connectivity index (χ1n) is 14.7. The highest BCUT2D eigenvalue weighted by Crippen LogP contribution is 2.32. The van der Waals surface area contributed by atoms with Gasteiger partial charge in [-0.1, -0.05) is 78.3 Å². The van der Waals surface area contributed by atoms with Gasteiger partial charge in [-0.25, -0.2) is 4.98 Å². The second-order valence-electron chi connectivity index (χ2n) is 11.1. The maximum Gasteiger partial charge on any atom is 0.307 e. The van der Waals surface area contributed by atoms with E-state index in [0.717, 1.165) is 37.1 Å². The number of hydrogen-bond acceptors (Lipinski definition) is 5. The Balaban J connectivity index is 1.48. The summed E-state index contributed by atoms with van der Waals surface area (Å²) in [4.78, 5) is 43.7. The van der Waals surface area contributed by atoms with Gasteiger partial charge in [0.05, 0.1) is 22.6 Å². The molecule has 0 saturated carbocycles. The van der Waals surface area contributed by atoms with Crippen LogP contribution in [0.15, 0.2) is 97.1 Å². The first kappa shape index (κ1) is 31.9. The van der Waals surface area contributed by atoms with Crippen molar-refractivity contribution in [2.45, 2.75) is 44.7 Å². The largest absolute Gasteiger partial charge is 0.481 e. The molecule has 0 bridgehead atoms. The molecule has 230 valence electrons. The lowest BCUT2D eigenvalue weighted by molar-refractivity contribution is -0.151. The molecule has 3 atom stereocenters. The van der Waals surface area contributed by atoms with Gasteiger partial charge in [-0.2, -0.15) is 0 Å². The van der Waals surface area contributed by atoms with Crippen molar-refractivity contribution < 1.29 is 24.6 Å². The van der Waals surface area contributed by atoms with E-state index in [0.29, 0.717) is 11.4 Å². The molecule has 3 unspecified atom stereocenters. The topological polar surface area (TPSA) is 108 Å². The molecule has 0 radical (unpaired) electrons. The third-order valence-electron chi connectivity index (χ3n) is 8.01. The highest BCUT2D eigenvalue weighted by atomic mass is 35.5. The molecule has 2 N–H and O–H groups in total. The first-order valence-corrected chi connectivity index (χ1v) is 15.9. The molecule has 1 amide bonds. The Morgan fingerprint density at radius 2 is 1.62 bits per heavy atom. The van der Waals surface area contributed by atoms with Crippen LogP contribution in [0.25, 0.3) is 27.1 Å². The number of carboxylic acids is 2. The number of rotatable bonds is 13. The summed E-state index contributed by atoms with van der Waals surface area (Å²) in [7, 11) is 0. The minimum atomic E-state index is -1.34. The second-order valence-corrected chi connectivity index (χ2v) is 12.6. The standard InChI is InChI=1S/C36H33ClN2O5S/c1-23(30(26-15-17-29(37)18-16-26)9-6-12-33-38-31-10-4-5-11-32(31)45-33)39(34(40)20-28(36(43)44)21-35(41)42)22-24-13-14-25-7-2-3-8-27(25)19-24/h2-8,10-19,23,28,30H,9,20-22H2,1H3,(H,41,42)(H,43,44)/b12-6+. The molecule has 1 aromatic heterocycles. The Morgan fingerprint density at radius 1 is 0.911 bits per heavy atom. The van der Waals surface area contributed by atoms with E-state index in [1.54, 1.807) is 16.2 Å². The van der Waals surface area contributed by atoms with Gasteiger partial charge in [-0.3, -0.25) is 14.4 Å². The fourth-order valence-corrected chi connectivity index (χ4v) is 6.62. The van der Waals surface area contributed by atoms with Crippen molar-refractivity contribution in [1.82, 2.24) is 9.88 Å². The van der Waals surface area contributed by atoms with Gasteiger partial charge >= 0.3 is 11.9 Å². The van der Waals surface area contributed by atoms with E-state index in [4.69, 9.17) is 16.6 Å². The fraction of sp³-hybridized carbons (Fsp3) is 0.222. The minimum absolute atomic E-state index is 0.181. The fourth-order valence-electron chi connectivity index (χ4n) is 5.59. The van der Waals surface area contributed by atoms with Crippen LogP contribution >= 0.6 is 22.9 Å². The van der Waals surface area contributed by atoms with Crippen LogP contribution in [0.3, 0.4) is 0 Å². The van der Waals surface area contributed by atoms with Crippen LogP contribution in [0.2, 0.25) is 5.02 Å². The van der Waals surface area contributed by atoms with Crippen molar-refractivity contribution in [1.29, 1.82) is 0 Å². The van der Waals surface area contributed by atoms with Gasteiger partial charge < -0.3 is 15.1 Å². The van der Waals surface area contributed by atoms with E-state index < -0.39 is 36.6 Å². The zero-order valence-electron chi connectivity index (χ0n) is 24.7. The van der Waals surface area contributed by atoms with Gasteiger partial charge in [0.25, 0.3) is 0 Å². The zero-order chi connectivity index (χ0) is 31.9. The average molecular weight is 641 g/mol. The number of carbonyl (C=O) groups excluding carboxylic acids is 1. The molecule has 0 aliphatic heterocycles. The normalized spacial score (nSPS) is 13.6. The number of amides is 1. The summed E-state index contributed by atoms with van der Waals surface area (Å²) in [5, 5.41) is 22.6. The van der Waals surface area contributed by atoms with Crippen molar-refractivity contribution >= 4 is 67.8 Å². The molecule has 4 aromatic carbocycles. The molecule has 0 aliphatic rings. The number of carbonyl (C=O) groups is 3. The molecule has 0 fully saturated rings. The lowest BCUT2D eigenvalue weighted by Crippen LogP contribution is -2.43. The number of allylic oxidation sites excluding steroid dienone is 1. The molecule has 5 rings (SSSR count). The summed E-state index contributed by atoms with van der Waals surface area (Å²) < 4.78 is 1.10. The number of benzene rings is 4. The number of para-hydroxylation sites is 1. The van der Waals surface area contributed by atoms with Gasteiger partial charge in [-0.05, 0) is 71.7 Å². The Bertz CT molecular complexity index is 1820. The summed E-state index contributed by atoms with van der Waals surface area (Å²) in [6.45, 7) is 2.19. The number of carboxylic acid groups (broad SMARTS) is 2. The Hall–Kier alpha value is -4.53. The van der Waals surface area contributed by atoms with E-state index in [9.17, 15) is 24.6 Å². The van der Waals surface area contributed by atoms with E-state index in [1.165, 1.54) is 0 Å². The first-order chi connectivity index (χ1) is 21.7. The smallest absolute Gasteiger partial charge is 0.307 e. The SMILES string of the molecule is CC(C(C/C=C/c1nc2ccccc2s1)c1ccc(Cl)cc1)N(Cc1ccc2ccccc2c1)C(=O)CC(CC(=O)O)C(=O)O. The van der Waals surface area contributed by atoms with Crippen LogP contribution in [0.4, 0.5) is 0 Å². The van der Waals surface area contributed by atoms with Crippen LogP contribution in [-0.2, 0) is 20.9 Å². The summed E-state index contributed by atoms with van der Waals surface area (Å²) in [6.07, 6.45) is 3.55. The van der Waals surface area contributed by atoms with Crippen molar-refractivity contribution in [2.24, 2.45) is 5.92 Å². The van der Waals surface area contributed by atoms with E-state index in [1.807, 2.05) is 104 Å². The number of aromatic nitrogens is 1. The van der Waals surface area contributed by atoms with Crippen LogP contribution < -0.4 is 0 Å². The maximum absolute atomic E-state index is 14.0. The lowest BCUT2D eigenvalue weighted by Gasteiger charge is -2.36. The molecule has 0 aliphatic carbocycles. The molecule has 0 saturated heterocycles. The third kappa shape index (κ3) is 8.15. The second kappa shape index (κ2) is 14.5. The number of halogens is 1. The number of thiazole rings is 1. The van der Waals surface area contributed by atoms with E-state index in [-0.39, 0.29) is 18.5 Å². The van der Waals surface area contributed by atoms with Crippen LogP contribution in [0.5, 0.6) is 0 Å². The lowest BCUT2D eigenvalue weighted by atomic mass is 9.87. The van der Waals surface area contributed by atoms with Gasteiger partial charge in [0.2, 0.25) is 5.91 Å². The van der Waals surface area contributed by atoms with E-state index >= 15 is 0 Å². The Kier molecular flexibility index (Phi) is 10.3. The number of nitrogens with zero attached hydrogens (tertiary/aromatic N) is 2. The monoisotopic (exact) mass is 640 g/mol. The summed E-state index contributed by atoms with van der Waals surface area (Å²) in [5.74, 6) is -4.51. The van der Waals surface area contributed by atoms with Crippen molar-refractivity contribution in [3.8, 4) is 0 Å². The molecular formula is C36H33ClN2O5S. The molecule has 45 heavy (non-hydrogen) atoms. The summed E-state index contributed by atoms with van der Waals surface area (Å²) in [5.41, 5.74) is 2.79. The molecule has 7 nitrogen and oxygen atoms in total. The average Bonchev–Trinajstić information content (AvgIpc) is 3.44. The molecule has 0 spiro atoms. The van der Waals surface area contributed by atoms with Crippen molar-refractivity contribution in [3.05, 3.63) is 118 Å². The van der Waals surface area contributed by atoms with Gasteiger partial charge in [-0.15, -0.1) is 11.3 Å². The molecule has 9 heteroatoms. The van der Waals surface area contributed by atoms with Crippen molar-refractivity contribution in [2.75, 3.05) is 0 Å². The van der Waals surface area contributed by atoms with Crippen molar-refractivity contribution in [3.63, 3.8) is 0 Å². The Labute approximate surface area is 270 Å². The zero-order valence-corrected chi connectivity index (χ0v) is 26.2. The highest BCUT2D eigenvalue weighted by molar-refractivity contribution is 7.19. The minimum Gasteiger partial charge on any atom is -0.481 e. The molecular weight excluding hydrogens is 608 g/mol. The Morgan fingerprint density at radius 3 is 2.33 bits per heavy atom. The van der Waals surface area contributed by atoms with Gasteiger partial charge in [0.1, 0.15) is 5.01 Å². The van der Waals surface area contributed by atoms with Gasteiger partial charge in [0, 0.05) is 29.9 Å². The predicted molar refractivity (Wildman–Crippen MR) is 179 cm³/mol. The van der Waals surface area contributed by atoms with Gasteiger partial charge in [0.15, 0.2) is 0 Å². The number of aliphatic carboxylic acids is 2. The highest BCUT2D eigenvalue weighted by Gasteiger charge is 2.32. The quantitative estimate of drug-likeness (QED) is 0.134. The molecule has 1 heterocycles. The summed E-state index contributed by atoms with van der Waals surface area (Å²) in [6, 6.07) is 29.0. The maximum atomic E-state index is 14.0. The van der Waals surface area contributed by atoms with Crippen LogP contribution in [-0.4, -0.2) is 44.0 Å². The predicted octanol–water partition coefficient (Wildman–Crippen LogP) is 8.27. The number of fused-ring (bicyclic) bond motifs is 2. The van der Waals surface area contributed by atoms with Crippen LogP contribution in [0.1, 0.15) is 48.2 Å².